The highest BCUT2D eigenvalue weighted by atomic mass is 35.5. The molecule has 26 heavy (non-hydrogen) atoms. The summed E-state index contributed by atoms with van der Waals surface area (Å²) in [6.45, 7) is 2.83. The predicted octanol–water partition coefficient (Wildman–Crippen LogP) is 2.53. The van der Waals surface area contributed by atoms with Gasteiger partial charge in [0.15, 0.2) is 6.61 Å². The molecule has 138 valence electrons. The van der Waals surface area contributed by atoms with Crippen molar-refractivity contribution in [2.24, 2.45) is 5.73 Å². The number of aryl methyl sites for hydroxylation is 1. The van der Waals surface area contributed by atoms with Crippen molar-refractivity contribution >= 4 is 35.3 Å². The predicted molar refractivity (Wildman–Crippen MR) is 93.5 cm³/mol. The summed E-state index contributed by atoms with van der Waals surface area (Å²) in [5.74, 6) is -2.00. The number of amides is 2. The number of furan rings is 1. The third-order valence-electron chi connectivity index (χ3n) is 3.25. The molecule has 2 amide bonds. The molecule has 2 rings (SSSR count). The highest BCUT2D eigenvalue weighted by Gasteiger charge is 2.29. The Kier molecular flexibility index (Phi) is 6.24. The summed E-state index contributed by atoms with van der Waals surface area (Å²) in [7, 11) is 0. The summed E-state index contributed by atoms with van der Waals surface area (Å²) < 4.78 is 15.5. The number of rotatable bonds is 7. The molecule has 0 fully saturated rings. The number of nitrogens with two attached hydrogens (primary N) is 1. The lowest BCUT2D eigenvalue weighted by Gasteiger charge is -2.07. The first-order valence-corrected chi connectivity index (χ1v) is 7.99. The minimum atomic E-state index is -0.932. The normalized spacial score (nSPS) is 10.3. The first-order chi connectivity index (χ1) is 12.3. The van der Waals surface area contributed by atoms with Crippen LogP contribution in [0.15, 0.2) is 28.7 Å². The van der Waals surface area contributed by atoms with E-state index >= 15 is 0 Å². The number of hydrogen-bond donors (Lipinski definition) is 2. The van der Waals surface area contributed by atoms with Crippen LogP contribution in [0.1, 0.15) is 33.4 Å². The summed E-state index contributed by atoms with van der Waals surface area (Å²) in [6, 6.07) is 6.42. The molecule has 0 aliphatic rings. The molecule has 0 unspecified atom stereocenters. The van der Waals surface area contributed by atoms with Gasteiger partial charge in [-0.2, -0.15) is 0 Å². The van der Waals surface area contributed by atoms with Crippen molar-refractivity contribution in [2.75, 3.05) is 18.5 Å². The van der Waals surface area contributed by atoms with Crippen LogP contribution in [0.25, 0.3) is 0 Å². The van der Waals surface area contributed by atoms with E-state index in [0.29, 0.717) is 10.8 Å². The number of primary amides is 1. The number of benzene rings is 1. The van der Waals surface area contributed by atoms with Gasteiger partial charge in [-0.15, -0.1) is 0 Å². The molecular weight excluding hydrogens is 364 g/mol. The largest absolute Gasteiger partial charge is 0.484 e. The standard InChI is InChI=1S/C17H17ClN2O6/c1-3-24-17(23)13-9(2)26-16(14(13)15(19)22)20-12(21)8-25-11-6-4-10(18)5-7-11/h4-7H,3,8H2,1-2H3,(H2,19,22)(H,20,21). The van der Waals surface area contributed by atoms with E-state index in [9.17, 15) is 14.4 Å². The zero-order chi connectivity index (χ0) is 19.3. The summed E-state index contributed by atoms with van der Waals surface area (Å²) in [6.07, 6.45) is 0. The second kappa shape index (κ2) is 8.39. The molecule has 8 nitrogen and oxygen atoms in total. The molecule has 0 aliphatic carbocycles. The van der Waals surface area contributed by atoms with Crippen molar-refractivity contribution in [2.45, 2.75) is 13.8 Å². The zero-order valence-electron chi connectivity index (χ0n) is 14.1. The molecule has 0 radical (unpaired) electrons. The number of halogens is 1. The van der Waals surface area contributed by atoms with Crippen LogP contribution in [0.5, 0.6) is 5.75 Å². The smallest absolute Gasteiger partial charge is 0.342 e. The van der Waals surface area contributed by atoms with Gasteiger partial charge < -0.3 is 19.6 Å². The van der Waals surface area contributed by atoms with Crippen molar-refractivity contribution in [3.63, 3.8) is 0 Å². The lowest BCUT2D eigenvalue weighted by Crippen LogP contribution is -2.23. The maximum Gasteiger partial charge on any atom is 0.342 e. The Morgan fingerprint density at radius 1 is 1.19 bits per heavy atom. The number of carbonyl (C=O) groups excluding carboxylic acids is 3. The van der Waals surface area contributed by atoms with Crippen molar-refractivity contribution in [3.8, 4) is 5.75 Å². The molecule has 0 spiro atoms. The molecule has 9 heteroatoms. The molecule has 0 atom stereocenters. The van der Waals surface area contributed by atoms with Crippen LogP contribution in [0.4, 0.5) is 5.88 Å². The van der Waals surface area contributed by atoms with Gasteiger partial charge in [0, 0.05) is 5.02 Å². The number of hydrogen-bond acceptors (Lipinski definition) is 6. The molecule has 0 saturated heterocycles. The molecule has 1 heterocycles. The monoisotopic (exact) mass is 380 g/mol. The summed E-state index contributed by atoms with van der Waals surface area (Å²) >= 11 is 5.77. The Hall–Kier alpha value is -3.00. The summed E-state index contributed by atoms with van der Waals surface area (Å²) in [5, 5.41) is 2.90. The van der Waals surface area contributed by atoms with Crippen molar-refractivity contribution in [3.05, 3.63) is 46.2 Å². The van der Waals surface area contributed by atoms with E-state index in [2.05, 4.69) is 5.32 Å². The van der Waals surface area contributed by atoms with Crippen LogP contribution in [-0.2, 0) is 9.53 Å². The summed E-state index contributed by atoms with van der Waals surface area (Å²) in [4.78, 5) is 35.8. The fraction of sp³-hybridized carbons (Fsp3) is 0.235. The van der Waals surface area contributed by atoms with Gasteiger partial charge in [-0.05, 0) is 38.1 Å². The Morgan fingerprint density at radius 2 is 1.85 bits per heavy atom. The Balaban J connectivity index is 2.14. The van der Waals surface area contributed by atoms with Crippen molar-refractivity contribution in [1.29, 1.82) is 0 Å². The lowest BCUT2D eigenvalue weighted by atomic mass is 10.1. The molecule has 2 aromatic rings. The fourth-order valence-electron chi connectivity index (χ4n) is 2.16. The molecule has 0 bridgehead atoms. The van der Waals surface area contributed by atoms with E-state index in [4.69, 9.17) is 31.2 Å². The third kappa shape index (κ3) is 4.54. The minimum Gasteiger partial charge on any atom is -0.484 e. The van der Waals surface area contributed by atoms with Gasteiger partial charge >= 0.3 is 5.97 Å². The third-order valence-corrected chi connectivity index (χ3v) is 3.50. The van der Waals surface area contributed by atoms with E-state index in [0.717, 1.165) is 0 Å². The molecule has 3 N–H and O–H groups in total. The Labute approximate surface area is 154 Å². The molecule has 0 saturated carbocycles. The van der Waals surface area contributed by atoms with Crippen LogP contribution in [0.3, 0.4) is 0 Å². The van der Waals surface area contributed by atoms with Crippen molar-refractivity contribution < 1.29 is 28.3 Å². The van der Waals surface area contributed by atoms with Gasteiger partial charge in [0.25, 0.3) is 11.8 Å². The van der Waals surface area contributed by atoms with Gasteiger partial charge in [0.2, 0.25) is 5.88 Å². The van der Waals surface area contributed by atoms with Gasteiger partial charge in [-0.1, -0.05) is 11.6 Å². The number of ether oxygens (including phenoxy) is 2. The maximum absolute atomic E-state index is 12.1. The van der Waals surface area contributed by atoms with Crippen LogP contribution in [0, 0.1) is 6.92 Å². The molecule has 1 aromatic carbocycles. The second-order valence-corrected chi connectivity index (χ2v) is 5.55. The van der Waals surface area contributed by atoms with E-state index in [-0.39, 0.29) is 36.0 Å². The van der Waals surface area contributed by atoms with Gasteiger partial charge in [0.05, 0.1) is 6.61 Å². The maximum atomic E-state index is 12.1. The highest BCUT2D eigenvalue weighted by molar-refractivity contribution is 6.30. The first kappa shape index (κ1) is 19.3. The number of esters is 1. The molecule has 0 aliphatic heterocycles. The van der Waals surface area contributed by atoms with Crippen LogP contribution in [0.2, 0.25) is 5.02 Å². The van der Waals surface area contributed by atoms with Crippen LogP contribution in [-0.4, -0.2) is 31.0 Å². The topological polar surface area (TPSA) is 121 Å². The average Bonchev–Trinajstić information content (AvgIpc) is 2.90. The van der Waals surface area contributed by atoms with E-state index in [1.54, 1.807) is 31.2 Å². The highest BCUT2D eigenvalue weighted by Crippen LogP contribution is 2.27. The quantitative estimate of drug-likeness (QED) is 0.712. The Morgan fingerprint density at radius 3 is 2.42 bits per heavy atom. The average molecular weight is 381 g/mol. The van der Waals surface area contributed by atoms with Crippen molar-refractivity contribution in [1.82, 2.24) is 0 Å². The SMILES string of the molecule is CCOC(=O)c1c(C)oc(NC(=O)COc2ccc(Cl)cc2)c1C(N)=O. The first-order valence-electron chi connectivity index (χ1n) is 7.62. The summed E-state index contributed by atoms with van der Waals surface area (Å²) in [5.41, 5.74) is 4.95. The van der Waals surface area contributed by atoms with Crippen LogP contribution >= 0.6 is 11.6 Å². The van der Waals surface area contributed by atoms with Gasteiger partial charge in [-0.25, -0.2) is 4.79 Å². The lowest BCUT2D eigenvalue weighted by molar-refractivity contribution is -0.118. The second-order valence-electron chi connectivity index (χ2n) is 5.11. The fourth-order valence-corrected chi connectivity index (χ4v) is 2.29. The van der Waals surface area contributed by atoms with E-state index in [1.165, 1.54) is 6.92 Å². The number of nitrogens with one attached hydrogen (secondary N) is 1. The minimum absolute atomic E-state index is 0.103. The number of anilines is 1. The van der Waals surface area contributed by atoms with E-state index < -0.39 is 17.8 Å². The van der Waals surface area contributed by atoms with Gasteiger partial charge in [-0.3, -0.25) is 14.9 Å². The van der Waals surface area contributed by atoms with Gasteiger partial charge in [0.1, 0.15) is 22.6 Å². The van der Waals surface area contributed by atoms with Crippen LogP contribution < -0.4 is 15.8 Å². The Bertz CT molecular complexity index is 829. The number of carbonyl (C=O) groups is 3. The zero-order valence-corrected chi connectivity index (χ0v) is 14.9. The van der Waals surface area contributed by atoms with E-state index in [1.807, 2.05) is 0 Å². The molecule has 1 aromatic heterocycles. The molecular formula is C17H17ClN2O6.